The van der Waals surface area contributed by atoms with Crippen molar-refractivity contribution in [1.29, 1.82) is 0 Å². The van der Waals surface area contributed by atoms with Crippen molar-refractivity contribution >= 4 is 17.8 Å². The van der Waals surface area contributed by atoms with Gasteiger partial charge < -0.3 is 15.0 Å². The highest BCUT2D eigenvalue weighted by Gasteiger charge is 2.22. The van der Waals surface area contributed by atoms with Crippen molar-refractivity contribution in [2.45, 2.75) is 19.8 Å². The molecule has 7 heteroatoms. The van der Waals surface area contributed by atoms with Crippen LogP contribution >= 0.6 is 0 Å². The van der Waals surface area contributed by atoms with Crippen LogP contribution in [0.25, 0.3) is 0 Å². The van der Waals surface area contributed by atoms with Crippen molar-refractivity contribution in [2.75, 3.05) is 26.9 Å². The summed E-state index contributed by atoms with van der Waals surface area (Å²) in [5, 5.41) is 5.74. The van der Waals surface area contributed by atoms with E-state index < -0.39 is 0 Å². The Labute approximate surface area is 119 Å². The number of hydrogen-bond acceptors (Lipinski definition) is 5. The van der Waals surface area contributed by atoms with Gasteiger partial charge >= 0.3 is 5.97 Å². The van der Waals surface area contributed by atoms with Crippen LogP contribution in [0.1, 0.15) is 19.8 Å². The molecule has 0 aromatic carbocycles. The Balaban J connectivity index is 2.47. The third-order valence-corrected chi connectivity index (χ3v) is 2.99. The van der Waals surface area contributed by atoms with Gasteiger partial charge in [0.25, 0.3) is 0 Å². The highest BCUT2D eigenvalue weighted by Crippen LogP contribution is 2.13. The van der Waals surface area contributed by atoms with Crippen LogP contribution in [-0.2, 0) is 14.3 Å². The maximum Gasteiger partial charge on any atom is 0.310 e. The number of rotatable bonds is 4. The number of hydrogen-bond donors (Lipinski definition) is 2. The van der Waals surface area contributed by atoms with E-state index in [2.05, 4.69) is 22.2 Å². The first-order valence-electron chi connectivity index (χ1n) is 6.59. The molecule has 20 heavy (non-hydrogen) atoms. The highest BCUT2D eigenvalue weighted by molar-refractivity contribution is 5.96. The Morgan fingerprint density at radius 3 is 2.70 bits per heavy atom. The Hall–Kier alpha value is -1.89. The largest absolute Gasteiger partial charge is 0.442 e. The summed E-state index contributed by atoms with van der Waals surface area (Å²) in [6.07, 6.45) is 3.07. The van der Waals surface area contributed by atoms with E-state index in [0.29, 0.717) is 5.96 Å². The zero-order valence-electron chi connectivity index (χ0n) is 12.0. The number of aliphatic imine (C=N–C) groups is 1. The smallest absolute Gasteiger partial charge is 0.310 e. The predicted molar refractivity (Wildman–Crippen MR) is 75.8 cm³/mol. The molecule has 0 saturated carbocycles. The molecule has 2 N–H and O–H groups in total. The van der Waals surface area contributed by atoms with E-state index in [4.69, 9.17) is 4.74 Å². The fourth-order valence-electron chi connectivity index (χ4n) is 1.82. The maximum absolute atomic E-state index is 11.8. The fraction of sp³-hybridized carbons (Fsp3) is 0.615. The third-order valence-electron chi connectivity index (χ3n) is 2.99. The zero-order chi connectivity index (χ0) is 15.0. The number of guanidine groups is 1. The molecule has 0 aromatic heterocycles. The van der Waals surface area contributed by atoms with Crippen LogP contribution in [0.2, 0.25) is 0 Å². The molecule has 1 fully saturated rings. The van der Waals surface area contributed by atoms with Crippen molar-refractivity contribution in [3.05, 3.63) is 12.8 Å². The molecule has 0 spiro atoms. The first-order valence-corrected chi connectivity index (χ1v) is 6.59. The molecule has 1 rings (SSSR count). The summed E-state index contributed by atoms with van der Waals surface area (Å²) in [6.45, 7) is 6.52. The van der Waals surface area contributed by atoms with Crippen LogP contribution in [0.15, 0.2) is 17.8 Å². The SMILES string of the molecule is C=CN(C)/C(=N/COC(=O)C1CCNCC1)NC(C)=O. The van der Waals surface area contributed by atoms with Crippen LogP contribution in [0.3, 0.4) is 0 Å². The zero-order valence-corrected chi connectivity index (χ0v) is 12.0. The first-order chi connectivity index (χ1) is 9.54. The van der Waals surface area contributed by atoms with Crippen LogP contribution in [-0.4, -0.2) is 49.6 Å². The molecule has 1 saturated heterocycles. The standard InChI is InChI=1S/C13H22N4O3/c1-4-17(3)13(16-10(2)18)15-9-20-12(19)11-5-7-14-8-6-11/h4,11,14H,1,5-9H2,2-3H3,(H,15,16,18). The first kappa shape index (κ1) is 16.2. The summed E-state index contributed by atoms with van der Waals surface area (Å²) in [5.41, 5.74) is 0. The number of carbonyl (C=O) groups is 2. The van der Waals surface area contributed by atoms with Crippen molar-refractivity contribution < 1.29 is 14.3 Å². The van der Waals surface area contributed by atoms with E-state index in [-0.39, 0.29) is 24.5 Å². The molecular weight excluding hydrogens is 260 g/mol. The molecule has 112 valence electrons. The minimum Gasteiger partial charge on any atom is -0.442 e. The quantitative estimate of drug-likeness (QED) is 0.432. The van der Waals surface area contributed by atoms with E-state index in [1.54, 1.807) is 11.9 Å². The minimum absolute atomic E-state index is 0.0622. The number of amides is 1. The van der Waals surface area contributed by atoms with Crippen LogP contribution < -0.4 is 10.6 Å². The van der Waals surface area contributed by atoms with Gasteiger partial charge in [-0.05, 0) is 32.1 Å². The van der Waals surface area contributed by atoms with Crippen LogP contribution in [0, 0.1) is 5.92 Å². The Morgan fingerprint density at radius 1 is 1.50 bits per heavy atom. The van der Waals surface area contributed by atoms with E-state index in [1.807, 2.05) is 0 Å². The van der Waals surface area contributed by atoms with Gasteiger partial charge in [0.2, 0.25) is 11.9 Å². The molecule has 0 bridgehead atoms. The Bertz CT molecular complexity index is 389. The number of ether oxygens (including phenoxy) is 1. The normalized spacial score (nSPS) is 16.4. The van der Waals surface area contributed by atoms with Gasteiger partial charge in [-0.2, -0.15) is 0 Å². The molecule has 0 atom stereocenters. The number of nitrogens with one attached hydrogen (secondary N) is 2. The molecule has 0 aliphatic carbocycles. The van der Waals surface area contributed by atoms with Gasteiger partial charge in [0.1, 0.15) is 0 Å². The van der Waals surface area contributed by atoms with Crippen molar-refractivity contribution in [3.63, 3.8) is 0 Å². The molecule has 1 aliphatic heterocycles. The molecule has 7 nitrogen and oxygen atoms in total. The summed E-state index contributed by atoms with van der Waals surface area (Å²) >= 11 is 0. The van der Waals surface area contributed by atoms with Crippen molar-refractivity contribution in [2.24, 2.45) is 10.9 Å². The van der Waals surface area contributed by atoms with Crippen LogP contribution in [0.5, 0.6) is 0 Å². The molecule has 0 unspecified atom stereocenters. The summed E-state index contributed by atoms with van der Waals surface area (Å²) < 4.78 is 5.12. The summed E-state index contributed by atoms with van der Waals surface area (Å²) in [5.74, 6) is -0.251. The molecule has 1 amide bonds. The number of carbonyl (C=O) groups excluding carboxylic acids is 2. The summed E-state index contributed by atoms with van der Waals surface area (Å²) in [6, 6.07) is 0. The number of nitrogens with zero attached hydrogens (tertiary/aromatic N) is 2. The van der Waals surface area contributed by atoms with Crippen molar-refractivity contribution in [3.8, 4) is 0 Å². The predicted octanol–water partition coefficient (Wildman–Crippen LogP) is 0.0541. The topological polar surface area (TPSA) is 83.0 Å². The lowest BCUT2D eigenvalue weighted by atomic mass is 9.99. The average Bonchev–Trinajstić information content (AvgIpc) is 2.45. The van der Waals surface area contributed by atoms with Gasteiger partial charge in [-0.25, -0.2) is 4.99 Å². The van der Waals surface area contributed by atoms with E-state index in [0.717, 1.165) is 25.9 Å². The number of piperidine rings is 1. The minimum atomic E-state index is -0.248. The lowest BCUT2D eigenvalue weighted by Gasteiger charge is -2.21. The van der Waals surface area contributed by atoms with Gasteiger partial charge in [-0.3, -0.25) is 14.9 Å². The maximum atomic E-state index is 11.8. The molecule has 0 radical (unpaired) electrons. The van der Waals surface area contributed by atoms with E-state index in [1.165, 1.54) is 13.1 Å². The summed E-state index contributed by atoms with van der Waals surface area (Å²) in [7, 11) is 1.69. The second kappa shape index (κ2) is 8.31. The average molecular weight is 282 g/mol. The summed E-state index contributed by atoms with van der Waals surface area (Å²) in [4.78, 5) is 28.4. The second-order valence-corrected chi connectivity index (χ2v) is 4.57. The lowest BCUT2D eigenvalue weighted by Crippen LogP contribution is -2.39. The molecule has 1 aliphatic rings. The highest BCUT2D eigenvalue weighted by atomic mass is 16.5. The fourth-order valence-corrected chi connectivity index (χ4v) is 1.82. The third kappa shape index (κ3) is 5.40. The van der Waals surface area contributed by atoms with Gasteiger partial charge in [0, 0.05) is 14.0 Å². The lowest BCUT2D eigenvalue weighted by molar-refractivity contribution is -0.149. The van der Waals surface area contributed by atoms with E-state index >= 15 is 0 Å². The van der Waals surface area contributed by atoms with Gasteiger partial charge in [-0.1, -0.05) is 6.58 Å². The van der Waals surface area contributed by atoms with Gasteiger partial charge in [0.15, 0.2) is 6.73 Å². The molecular formula is C13H22N4O3. The molecule has 1 heterocycles. The van der Waals surface area contributed by atoms with Gasteiger partial charge in [-0.15, -0.1) is 0 Å². The molecule has 0 aromatic rings. The second-order valence-electron chi connectivity index (χ2n) is 4.57. The Kier molecular flexibility index (Phi) is 6.72. The Morgan fingerprint density at radius 2 is 2.15 bits per heavy atom. The van der Waals surface area contributed by atoms with E-state index in [9.17, 15) is 9.59 Å². The van der Waals surface area contributed by atoms with Crippen LogP contribution in [0.4, 0.5) is 0 Å². The number of esters is 1. The van der Waals surface area contributed by atoms with Crippen molar-refractivity contribution in [1.82, 2.24) is 15.5 Å². The monoisotopic (exact) mass is 282 g/mol. The van der Waals surface area contributed by atoms with Gasteiger partial charge in [0.05, 0.1) is 5.92 Å².